The summed E-state index contributed by atoms with van der Waals surface area (Å²) < 4.78 is 34.9. The fourth-order valence-corrected chi connectivity index (χ4v) is 5.32. The maximum atomic E-state index is 12.8. The Kier molecular flexibility index (Phi) is 5.24. The number of ether oxygens (including phenoxy) is 1. The van der Waals surface area contributed by atoms with Crippen molar-refractivity contribution in [2.45, 2.75) is 51.2 Å². The second-order valence-electron chi connectivity index (χ2n) is 6.49. The van der Waals surface area contributed by atoms with Gasteiger partial charge in [0.25, 0.3) is 10.2 Å². The first-order valence-corrected chi connectivity index (χ1v) is 9.95. The number of hydrogen-bond acceptors (Lipinski definition) is 3. The molecule has 0 radical (unpaired) electrons. The Morgan fingerprint density at radius 2 is 1.70 bits per heavy atom. The molecule has 2 aliphatic rings. The van der Waals surface area contributed by atoms with Crippen LogP contribution < -0.4 is 4.74 Å². The van der Waals surface area contributed by atoms with Crippen molar-refractivity contribution in [1.29, 1.82) is 0 Å². The molecule has 2 fully saturated rings. The molecule has 0 spiro atoms. The summed E-state index contributed by atoms with van der Waals surface area (Å²) in [6.45, 7) is 3.76. The lowest BCUT2D eigenvalue weighted by atomic mass is 10.1. The van der Waals surface area contributed by atoms with E-state index in [1.165, 1.54) is 0 Å². The van der Waals surface area contributed by atoms with Gasteiger partial charge in [-0.2, -0.15) is 17.0 Å². The third-order valence-corrected chi connectivity index (χ3v) is 6.96. The molecule has 1 atom stereocenters. The summed E-state index contributed by atoms with van der Waals surface area (Å²) in [5.41, 5.74) is 0. The van der Waals surface area contributed by atoms with Gasteiger partial charge in [-0.3, -0.25) is 0 Å². The number of piperidine rings is 2. The number of para-hydroxylation sites is 1. The molecule has 128 valence electrons. The molecule has 0 aromatic heterocycles. The van der Waals surface area contributed by atoms with Crippen molar-refractivity contribution >= 4 is 10.2 Å². The number of nitrogens with zero attached hydrogens (tertiary/aromatic N) is 2. The zero-order chi connectivity index (χ0) is 16.3. The van der Waals surface area contributed by atoms with Crippen molar-refractivity contribution in [2.75, 3.05) is 19.6 Å². The Morgan fingerprint density at radius 3 is 2.35 bits per heavy atom. The van der Waals surface area contributed by atoms with Crippen LogP contribution >= 0.6 is 0 Å². The van der Waals surface area contributed by atoms with Gasteiger partial charge in [0.05, 0.1) is 0 Å². The zero-order valence-corrected chi connectivity index (χ0v) is 14.5. The van der Waals surface area contributed by atoms with Crippen molar-refractivity contribution < 1.29 is 13.2 Å². The molecular weight excluding hydrogens is 312 g/mol. The Labute approximate surface area is 139 Å². The third-order valence-electron chi connectivity index (χ3n) is 4.81. The second kappa shape index (κ2) is 7.20. The van der Waals surface area contributed by atoms with Crippen LogP contribution in [-0.4, -0.2) is 48.8 Å². The predicted molar refractivity (Wildman–Crippen MR) is 90.6 cm³/mol. The van der Waals surface area contributed by atoms with E-state index in [2.05, 4.69) is 0 Å². The molecule has 2 heterocycles. The Balaban J connectivity index is 1.57. The second-order valence-corrected chi connectivity index (χ2v) is 8.37. The first kappa shape index (κ1) is 16.7. The van der Waals surface area contributed by atoms with Gasteiger partial charge in [0, 0.05) is 25.7 Å². The number of hydrogen-bond donors (Lipinski definition) is 0. The highest BCUT2D eigenvalue weighted by Crippen LogP contribution is 2.26. The van der Waals surface area contributed by atoms with Crippen LogP contribution in [-0.2, 0) is 10.2 Å². The van der Waals surface area contributed by atoms with Crippen LogP contribution in [0, 0.1) is 0 Å². The fourth-order valence-electron chi connectivity index (χ4n) is 3.44. The van der Waals surface area contributed by atoms with E-state index < -0.39 is 10.2 Å². The van der Waals surface area contributed by atoms with Crippen molar-refractivity contribution in [1.82, 2.24) is 8.61 Å². The summed E-state index contributed by atoms with van der Waals surface area (Å²) in [7, 11) is -3.32. The van der Waals surface area contributed by atoms with Crippen molar-refractivity contribution in [3.05, 3.63) is 30.3 Å². The van der Waals surface area contributed by atoms with Crippen LogP contribution in [0.1, 0.15) is 39.0 Å². The zero-order valence-electron chi connectivity index (χ0n) is 13.7. The average Bonchev–Trinajstić information content (AvgIpc) is 2.56. The molecule has 1 aromatic carbocycles. The van der Waals surface area contributed by atoms with Gasteiger partial charge in [-0.15, -0.1) is 0 Å². The maximum Gasteiger partial charge on any atom is 0.282 e. The van der Waals surface area contributed by atoms with Crippen LogP contribution in [0.5, 0.6) is 5.75 Å². The largest absolute Gasteiger partial charge is 0.490 e. The molecule has 0 saturated carbocycles. The lowest BCUT2D eigenvalue weighted by Gasteiger charge is -2.39. The minimum absolute atomic E-state index is 0.0997. The molecule has 0 aliphatic carbocycles. The van der Waals surface area contributed by atoms with E-state index in [1.54, 1.807) is 8.61 Å². The molecule has 2 aliphatic heterocycles. The molecular formula is C17H26N2O3S. The molecule has 0 N–H and O–H groups in total. The molecule has 1 aromatic rings. The Morgan fingerprint density at radius 1 is 1.00 bits per heavy atom. The summed E-state index contributed by atoms with van der Waals surface area (Å²) >= 11 is 0. The average molecular weight is 338 g/mol. The Hall–Kier alpha value is -1.11. The molecule has 5 nitrogen and oxygen atoms in total. The summed E-state index contributed by atoms with van der Waals surface area (Å²) in [5.74, 6) is 0.860. The van der Waals surface area contributed by atoms with E-state index in [0.717, 1.165) is 37.9 Å². The molecule has 0 amide bonds. The molecule has 0 unspecified atom stereocenters. The van der Waals surface area contributed by atoms with Crippen LogP contribution in [0.15, 0.2) is 30.3 Å². The minimum atomic E-state index is -3.32. The number of benzene rings is 1. The first-order chi connectivity index (χ1) is 11.1. The summed E-state index contributed by atoms with van der Waals surface area (Å²) in [6.07, 6.45) is 4.65. The summed E-state index contributed by atoms with van der Waals surface area (Å²) in [6, 6.07) is 9.87. The third kappa shape index (κ3) is 3.87. The normalized spacial score (nSPS) is 25.3. The topological polar surface area (TPSA) is 49.9 Å². The van der Waals surface area contributed by atoms with E-state index >= 15 is 0 Å². The molecule has 6 heteroatoms. The highest BCUT2D eigenvalue weighted by Gasteiger charge is 2.36. The van der Waals surface area contributed by atoms with E-state index in [1.807, 2.05) is 37.3 Å². The van der Waals surface area contributed by atoms with Gasteiger partial charge >= 0.3 is 0 Å². The standard InChI is InChI=1S/C17H26N2O3S/c1-15-7-5-6-12-19(15)23(20,21)18-13-10-17(11-14-18)22-16-8-3-2-4-9-16/h2-4,8-9,15,17H,5-7,10-14H2,1H3/t15-/m0/s1. The highest BCUT2D eigenvalue weighted by atomic mass is 32.2. The lowest BCUT2D eigenvalue weighted by molar-refractivity contribution is 0.129. The van der Waals surface area contributed by atoms with Crippen molar-refractivity contribution in [3.8, 4) is 5.75 Å². The quantitative estimate of drug-likeness (QED) is 0.848. The summed E-state index contributed by atoms with van der Waals surface area (Å²) in [4.78, 5) is 0. The van der Waals surface area contributed by atoms with Gasteiger partial charge in [0.15, 0.2) is 0 Å². The van der Waals surface area contributed by atoms with E-state index in [0.29, 0.717) is 19.6 Å². The number of rotatable bonds is 4. The smallest absolute Gasteiger partial charge is 0.282 e. The van der Waals surface area contributed by atoms with Crippen molar-refractivity contribution in [2.24, 2.45) is 0 Å². The highest BCUT2D eigenvalue weighted by molar-refractivity contribution is 7.86. The monoisotopic (exact) mass is 338 g/mol. The van der Waals surface area contributed by atoms with E-state index in [9.17, 15) is 8.42 Å². The Bertz CT molecular complexity index is 598. The molecule has 0 bridgehead atoms. The van der Waals surface area contributed by atoms with Crippen LogP contribution in [0.25, 0.3) is 0 Å². The summed E-state index contributed by atoms with van der Waals surface area (Å²) in [5, 5.41) is 0. The first-order valence-electron chi connectivity index (χ1n) is 8.56. The van der Waals surface area contributed by atoms with Gasteiger partial charge < -0.3 is 4.74 Å². The van der Waals surface area contributed by atoms with Gasteiger partial charge in [-0.05, 0) is 44.7 Å². The van der Waals surface area contributed by atoms with Crippen molar-refractivity contribution in [3.63, 3.8) is 0 Å². The molecule has 3 rings (SSSR count). The van der Waals surface area contributed by atoms with E-state index in [-0.39, 0.29) is 12.1 Å². The van der Waals surface area contributed by atoms with Crippen LogP contribution in [0.4, 0.5) is 0 Å². The minimum Gasteiger partial charge on any atom is -0.490 e. The maximum absolute atomic E-state index is 12.8. The molecule has 2 saturated heterocycles. The van der Waals surface area contributed by atoms with Gasteiger partial charge in [-0.25, -0.2) is 0 Å². The van der Waals surface area contributed by atoms with Crippen LogP contribution in [0.3, 0.4) is 0 Å². The van der Waals surface area contributed by atoms with Gasteiger partial charge in [0.2, 0.25) is 0 Å². The lowest BCUT2D eigenvalue weighted by Crippen LogP contribution is -2.52. The van der Waals surface area contributed by atoms with E-state index in [4.69, 9.17) is 4.74 Å². The molecule has 23 heavy (non-hydrogen) atoms. The van der Waals surface area contributed by atoms with Gasteiger partial charge in [0.1, 0.15) is 11.9 Å². The SMILES string of the molecule is C[C@H]1CCCCN1S(=O)(=O)N1CCC(Oc2ccccc2)CC1. The van der Waals surface area contributed by atoms with Gasteiger partial charge in [-0.1, -0.05) is 24.6 Å². The fraction of sp³-hybridized carbons (Fsp3) is 0.647. The predicted octanol–water partition coefficient (Wildman–Crippen LogP) is 2.65. The van der Waals surface area contributed by atoms with Crippen LogP contribution in [0.2, 0.25) is 0 Å².